The smallest absolute Gasteiger partial charge is 0.416 e. The molecule has 2 aromatic rings. The maximum atomic E-state index is 12.8. The first-order valence-corrected chi connectivity index (χ1v) is 6.56. The number of hydrogen-bond acceptors (Lipinski definition) is 3. The van der Waals surface area contributed by atoms with E-state index in [1.807, 2.05) is 0 Å². The molecule has 126 valence electrons. The summed E-state index contributed by atoms with van der Waals surface area (Å²) in [5, 5.41) is 8.98. The van der Waals surface area contributed by atoms with Crippen molar-refractivity contribution in [2.75, 3.05) is 0 Å². The predicted octanol–water partition coefficient (Wildman–Crippen LogP) is 3.69. The van der Waals surface area contributed by atoms with E-state index in [1.54, 1.807) is 0 Å². The maximum Gasteiger partial charge on any atom is 0.416 e. The molecule has 0 saturated carbocycles. The minimum Gasteiger partial charge on any atom is -0.478 e. The van der Waals surface area contributed by atoms with Crippen molar-refractivity contribution in [1.82, 2.24) is 0 Å². The fourth-order valence-electron chi connectivity index (χ4n) is 1.89. The number of benzene rings is 2. The van der Waals surface area contributed by atoms with Crippen LogP contribution in [0.1, 0.15) is 21.5 Å². The van der Waals surface area contributed by atoms with Gasteiger partial charge in [-0.1, -0.05) is 12.1 Å². The quantitative estimate of drug-likeness (QED) is 0.523. The zero-order valence-corrected chi connectivity index (χ0v) is 11.9. The van der Waals surface area contributed by atoms with E-state index >= 15 is 0 Å². The summed E-state index contributed by atoms with van der Waals surface area (Å²) in [6.07, 6.45) is -5.06. The van der Waals surface area contributed by atoms with Crippen molar-refractivity contribution in [1.29, 1.82) is 0 Å². The number of esters is 1. The Bertz CT molecular complexity index is 767. The monoisotopic (exact) mass is 342 g/mol. The first-order valence-electron chi connectivity index (χ1n) is 6.56. The van der Waals surface area contributed by atoms with Gasteiger partial charge in [0.1, 0.15) is 17.1 Å². The molecule has 0 aliphatic rings. The van der Waals surface area contributed by atoms with E-state index in [9.17, 15) is 27.2 Å². The molecule has 0 aromatic heterocycles. The number of aromatic carboxylic acids is 1. The van der Waals surface area contributed by atoms with Gasteiger partial charge < -0.3 is 9.84 Å². The summed E-state index contributed by atoms with van der Waals surface area (Å²) in [7, 11) is 0. The summed E-state index contributed by atoms with van der Waals surface area (Å²) in [6.45, 7) is 0. The number of carboxylic acid groups (broad SMARTS) is 1. The van der Waals surface area contributed by atoms with E-state index in [0.29, 0.717) is 23.8 Å². The third-order valence-electron chi connectivity index (χ3n) is 3.02. The highest BCUT2D eigenvalue weighted by atomic mass is 19.4. The molecule has 4 nitrogen and oxygen atoms in total. The second kappa shape index (κ2) is 6.69. The summed E-state index contributed by atoms with van der Waals surface area (Å²) in [5.74, 6) is -3.72. The first-order chi connectivity index (χ1) is 11.2. The second-order valence-electron chi connectivity index (χ2n) is 4.79. The molecule has 0 unspecified atom stereocenters. The molecule has 24 heavy (non-hydrogen) atoms. The Kier molecular flexibility index (Phi) is 4.87. The van der Waals surface area contributed by atoms with Crippen molar-refractivity contribution in [2.45, 2.75) is 12.6 Å². The van der Waals surface area contributed by atoms with Crippen LogP contribution < -0.4 is 4.74 Å². The first kappa shape index (κ1) is 17.5. The van der Waals surface area contributed by atoms with Gasteiger partial charge in [-0.05, 0) is 35.9 Å². The molecule has 0 amide bonds. The molecule has 0 spiro atoms. The summed E-state index contributed by atoms with van der Waals surface area (Å²) in [5.41, 5.74) is -1.35. The molecule has 1 N–H and O–H groups in total. The number of rotatable bonds is 4. The van der Waals surface area contributed by atoms with Crippen molar-refractivity contribution < 1.29 is 37.0 Å². The van der Waals surface area contributed by atoms with E-state index in [2.05, 4.69) is 0 Å². The van der Waals surface area contributed by atoms with Crippen LogP contribution in [-0.2, 0) is 17.4 Å². The van der Waals surface area contributed by atoms with E-state index in [4.69, 9.17) is 9.84 Å². The summed E-state index contributed by atoms with van der Waals surface area (Å²) < 4.78 is 55.6. The van der Waals surface area contributed by atoms with Crippen molar-refractivity contribution >= 4 is 11.9 Å². The number of ether oxygens (including phenoxy) is 1. The van der Waals surface area contributed by atoms with Crippen LogP contribution in [-0.4, -0.2) is 17.0 Å². The molecule has 0 bridgehead atoms. The number of carboxylic acids is 1. The molecular formula is C16H10F4O4. The molecular weight excluding hydrogens is 332 g/mol. The molecule has 2 aromatic carbocycles. The van der Waals surface area contributed by atoms with Gasteiger partial charge in [0.2, 0.25) is 0 Å². The van der Waals surface area contributed by atoms with Crippen molar-refractivity contribution in [3.63, 3.8) is 0 Å². The van der Waals surface area contributed by atoms with Crippen LogP contribution in [0.25, 0.3) is 0 Å². The Labute approximate surface area is 133 Å². The Hall–Kier alpha value is -2.90. The maximum absolute atomic E-state index is 12.8. The molecule has 0 radical (unpaired) electrons. The minimum absolute atomic E-state index is 0.352. The van der Waals surface area contributed by atoms with E-state index in [0.717, 1.165) is 12.1 Å². The topological polar surface area (TPSA) is 63.6 Å². The summed E-state index contributed by atoms with van der Waals surface area (Å²) in [6, 6.07) is 6.57. The molecule has 0 aliphatic carbocycles. The van der Waals surface area contributed by atoms with Gasteiger partial charge in [-0.2, -0.15) is 13.2 Å². The highest BCUT2D eigenvalue weighted by molar-refractivity contribution is 5.92. The SMILES string of the molecule is O=C(Cc1ccc(F)cc1)Oc1cc(C(F)(F)F)ccc1C(=O)O. The van der Waals surface area contributed by atoms with Crippen LogP contribution in [0.5, 0.6) is 5.75 Å². The van der Waals surface area contributed by atoms with Gasteiger partial charge in [0.25, 0.3) is 0 Å². The van der Waals surface area contributed by atoms with Gasteiger partial charge in [-0.3, -0.25) is 4.79 Å². The van der Waals surface area contributed by atoms with Gasteiger partial charge in [0, 0.05) is 0 Å². The van der Waals surface area contributed by atoms with Crippen LogP contribution >= 0.6 is 0 Å². The molecule has 0 aliphatic heterocycles. The van der Waals surface area contributed by atoms with Crippen LogP contribution in [0.2, 0.25) is 0 Å². The molecule has 8 heteroatoms. The molecule has 0 atom stereocenters. The third kappa shape index (κ3) is 4.31. The zero-order valence-electron chi connectivity index (χ0n) is 11.9. The van der Waals surface area contributed by atoms with Gasteiger partial charge >= 0.3 is 18.1 Å². The average molecular weight is 342 g/mol. The average Bonchev–Trinajstić information content (AvgIpc) is 2.48. The largest absolute Gasteiger partial charge is 0.478 e. The molecule has 2 rings (SSSR count). The van der Waals surface area contributed by atoms with Crippen LogP contribution in [0, 0.1) is 5.82 Å². The summed E-state index contributed by atoms with van der Waals surface area (Å²) >= 11 is 0. The predicted molar refractivity (Wildman–Crippen MR) is 74.1 cm³/mol. The Morgan fingerprint density at radius 3 is 2.21 bits per heavy atom. The second-order valence-corrected chi connectivity index (χ2v) is 4.79. The Balaban J connectivity index is 2.24. The van der Waals surface area contributed by atoms with Crippen molar-refractivity contribution in [3.05, 3.63) is 65.0 Å². The normalized spacial score (nSPS) is 11.2. The minimum atomic E-state index is -4.71. The van der Waals surface area contributed by atoms with Gasteiger partial charge in [0.05, 0.1) is 12.0 Å². The fourth-order valence-corrected chi connectivity index (χ4v) is 1.89. The Morgan fingerprint density at radius 2 is 1.67 bits per heavy atom. The lowest BCUT2D eigenvalue weighted by Crippen LogP contribution is -2.15. The van der Waals surface area contributed by atoms with E-state index in [1.165, 1.54) is 12.1 Å². The molecule has 0 saturated heterocycles. The highest BCUT2D eigenvalue weighted by Gasteiger charge is 2.32. The lowest BCUT2D eigenvalue weighted by molar-refractivity contribution is -0.139. The van der Waals surface area contributed by atoms with Gasteiger partial charge in [0.15, 0.2) is 0 Å². The highest BCUT2D eigenvalue weighted by Crippen LogP contribution is 2.33. The standard InChI is InChI=1S/C16H10F4O4/c17-11-4-1-9(2-5-11)7-14(21)24-13-8-10(16(18,19)20)3-6-12(13)15(22)23/h1-6,8H,7H2,(H,22,23). The number of carbonyl (C=O) groups is 2. The van der Waals surface area contributed by atoms with Crippen LogP contribution in [0.3, 0.4) is 0 Å². The number of alkyl halides is 3. The number of hydrogen-bond donors (Lipinski definition) is 1. The lowest BCUT2D eigenvalue weighted by Gasteiger charge is -2.12. The number of halogens is 4. The summed E-state index contributed by atoms with van der Waals surface area (Å²) in [4.78, 5) is 22.9. The van der Waals surface area contributed by atoms with Crippen molar-refractivity contribution in [3.8, 4) is 5.75 Å². The fraction of sp³-hybridized carbons (Fsp3) is 0.125. The van der Waals surface area contributed by atoms with Crippen LogP contribution in [0.15, 0.2) is 42.5 Å². The third-order valence-corrected chi connectivity index (χ3v) is 3.02. The van der Waals surface area contributed by atoms with E-state index < -0.39 is 40.8 Å². The van der Waals surface area contributed by atoms with Gasteiger partial charge in [-0.25, -0.2) is 9.18 Å². The number of carbonyl (C=O) groups excluding carboxylic acids is 1. The van der Waals surface area contributed by atoms with E-state index in [-0.39, 0.29) is 6.42 Å². The molecule has 0 heterocycles. The lowest BCUT2D eigenvalue weighted by atomic mass is 10.1. The Morgan fingerprint density at radius 1 is 1.04 bits per heavy atom. The zero-order chi connectivity index (χ0) is 17.9. The van der Waals surface area contributed by atoms with Crippen molar-refractivity contribution in [2.24, 2.45) is 0 Å². The van der Waals surface area contributed by atoms with Crippen LogP contribution in [0.4, 0.5) is 17.6 Å². The molecule has 0 fully saturated rings. The van der Waals surface area contributed by atoms with Gasteiger partial charge in [-0.15, -0.1) is 0 Å².